The maximum atomic E-state index is 12.5. The minimum Gasteiger partial charge on any atom is -0.342 e. The second-order valence-corrected chi connectivity index (χ2v) is 8.82. The highest BCUT2D eigenvalue weighted by Crippen LogP contribution is 2.34. The van der Waals surface area contributed by atoms with Crippen LogP contribution in [0.4, 0.5) is 4.79 Å². The summed E-state index contributed by atoms with van der Waals surface area (Å²) in [6.45, 7) is 0.633. The molecule has 2 heterocycles. The molecule has 0 N–H and O–H groups in total. The Morgan fingerprint density at radius 2 is 1.93 bits per heavy atom. The Morgan fingerprint density at radius 3 is 2.66 bits per heavy atom. The summed E-state index contributed by atoms with van der Waals surface area (Å²) in [4.78, 5) is 26.1. The van der Waals surface area contributed by atoms with Crippen molar-refractivity contribution >= 4 is 67.4 Å². The van der Waals surface area contributed by atoms with Crippen LogP contribution in [-0.4, -0.2) is 27.2 Å². The van der Waals surface area contributed by atoms with Crippen molar-refractivity contribution in [2.45, 2.75) is 6.54 Å². The average Bonchev–Trinajstić information content (AvgIpc) is 3.16. The van der Waals surface area contributed by atoms with Crippen LogP contribution in [0.15, 0.2) is 58.0 Å². The van der Waals surface area contributed by atoms with Crippen molar-refractivity contribution in [2.75, 3.05) is 6.54 Å². The first-order valence-electron chi connectivity index (χ1n) is 8.68. The molecule has 144 valence electrons. The maximum absolute atomic E-state index is 12.5. The minimum absolute atomic E-state index is 0.0219. The molecule has 0 radical (unpaired) electrons. The molecule has 2 aromatic carbocycles. The number of benzene rings is 2. The van der Waals surface area contributed by atoms with E-state index in [9.17, 15) is 9.59 Å². The van der Waals surface area contributed by atoms with Crippen LogP contribution in [0.1, 0.15) is 11.1 Å². The van der Waals surface area contributed by atoms with Gasteiger partial charge in [0.2, 0.25) is 0 Å². The maximum Gasteiger partial charge on any atom is 0.294 e. The van der Waals surface area contributed by atoms with Gasteiger partial charge >= 0.3 is 0 Å². The number of halogens is 2. The van der Waals surface area contributed by atoms with E-state index in [4.69, 9.17) is 18.0 Å². The lowest BCUT2D eigenvalue weighted by molar-refractivity contribution is -0.122. The van der Waals surface area contributed by atoms with Gasteiger partial charge in [-0.3, -0.25) is 14.5 Å². The van der Waals surface area contributed by atoms with Crippen LogP contribution in [0.25, 0.3) is 17.0 Å². The Labute approximate surface area is 185 Å². The molecule has 2 amide bonds. The van der Waals surface area contributed by atoms with Gasteiger partial charge in [0.15, 0.2) is 0 Å². The molecule has 7 heteroatoms. The summed E-state index contributed by atoms with van der Waals surface area (Å²) >= 11 is 10.4. The van der Waals surface area contributed by atoms with Gasteiger partial charge in [-0.25, -0.2) is 0 Å². The van der Waals surface area contributed by atoms with Crippen LogP contribution in [0.2, 0.25) is 5.02 Å². The van der Waals surface area contributed by atoms with E-state index in [0.717, 1.165) is 43.2 Å². The van der Waals surface area contributed by atoms with Crippen molar-refractivity contribution in [3.8, 4) is 12.3 Å². The molecule has 0 aliphatic carbocycles. The van der Waals surface area contributed by atoms with Crippen molar-refractivity contribution in [2.24, 2.45) is 0 Å². The Hall–Kier alpha value is -2.46. The van der Waals surface area contributed by atoms with Crippen molar-refractivity contribution < 1.29 is 9.59 Å². The fourth-order valence-corrected chi connectivity index (χ4v) is 4.51. The monoisotopic (exact) mass is 484 g/mol. The van der Waals surface area contributed by atoms with E-state index < -0.39 is 0 Å². The molecule has 29 heavy (non-hydrogen) atoms. The molecule has 0 atom stereocenters. The summed E-state index contributed by atoms with van der Waals surface area (Å²) in [5, 5.41) is 1.33. The minimum atomic E-state index is -0.355. The first-order valence-corrected chi connectivity index (χ1v) is 10.7. The van der Waals surface area contributed by atoms with Gasteiger partial charge < -0.3 is 4.57 Å². The summed E-state index contributed by atoms with van der Waals surface area (Å²) in [5.41, 5.74) is 2.99. The van der Waals surface area contributed by atoms with Crippen LogP contribution in [0.3, 0.4) is 0 Å². The third-order valence-corrected chi connectivity index (χ3v) is 6.20. The van der Waals surface area contributed by atoms with Crippen LogP contribution in [-0.2, 0) is 11.3 Å². The van der Waals surface area contributed by atoms with E-state index in [-0.39, 0.29) is 17.7 Å². The van der Waals surface area contributed by atoms with E-state index in [1.807, 2.05) is 48.7 Å². The SMILES string of the molecule is C#CCN1C(=O)S/C(=C\c2cn(Cc3ccc(Cl)cc3)c3ccc(Br)cc23)C1=O. The molecular weight excluding hydrogens is 472 g/mol. The number of rotatable bonds is 4. The normalized spacial score (nSPS) is 15.5. The Morgan fingerprint density at radius 1 is 1.17 bits per heavy atom. The standard InChI is InChI=1S/C22H14BrClN2O2S/c1-2-9-26-21(27)20(29-22(26)28)10-15-13-25(12-14-3-6-17(24)7-4-14)19-8-5-16(23)11-18(15)19/h1,3-8,10-11,13H,9,12H2/b20-10-. The number of terminal acetylenes is 1. The van der Waals surface area contributed by atoms with Crippen LogP contribution < -0.4 is 0 Å². The molecule has 0 unspecified atom stereocenters. The zero-order valence-electron chi connectivity index (χ0n) is 15.1. The van der Waals surface area contributed by atoms with Crippen LogP contribution in [0, 0.1) is 12.3 Å². The summed E-state index contributed by atoms with van der Waals surface area (Å²) in [5.74, 6) is 2.00. The van der Waals surface area contributed by atoms with Crippen molar-refractivity contribution in [3.05, 3.63) is 74.2 Å². The fourth-order valence-electron chi connectivity index (χ4n) is 3.20. The predicted octanol–water partition coefficient (Wildman–Crippen LogP) is 5.78. The largest absolute Gasteiger partial charge is 0.342 e. The van der Waals surface area contributed by atoms with Gasteiger partial charge in [-0.15, -0.1) is 6.42 Å². The zero-order valence-corrected chi connectivity index (χ0v) is 18.2. The molecule has 3 aromatic rings. The zero-order chi connectivity index (χ0) is 20.5. The quantitative estimate of drug-likeness (QED) is 0.348. The molecule has 0 bridgehead atoms. The van der Waals surface area contributed by atoms with Gasteiger partial charge in [0.25, 0.3) is 11.1 Å². The third kappa shape index (κ3) is 3.99. The van der Waals surface area contributed by atoms with Gasteiger partial charge in [0, 0.05) is 38.7 Å². The molecule has 1 fully saturated rings. The number of aromatic nitrogens is 1. The van der Waals surface area contributed by atoms with Gasteiger partial charge in [0.1, 0.15) is 0 Å². The van der Waals surface area contributed by atoms with Crippen molar-refractivity contribution in [1.29, 1.82) is 0 Å². The molecule has 1 aromatic heterocycles. The van der Waals surface area contributed by atoms with E-state index in [1.54, 1.807) is 6.08 Å². The lowest BCUT2D eigenvalue weighted by atomic mass is 10.1. The molecule has 4 nitrogen and oxygen atoms in total. The first-order chi connectivity index (χ1) is 14.0. The molecular formula is C22H14BrClN2O2S. The summed E-state index contributed by atoms with van der Waals surface area (Å²) in [6.07, 6.45) is 9.01. The van der Waals surface area contributed by atoms with Crippen LogP contribution >= 0.6 is 39.3 Å². The average molecular weight is 486 g/mol. The Bertz CT molecular complexity index is 1210. The number of hydrogen-bond acceptors (Lipinski definition) is 3. The number of imide groups is 1. The number of fused-ring (bicyclic) bond motifs is 1. The number of hydrogen-bond donors (Lipinski definition) is 0. The molecule has 0 spiro atoms. The topological polar surface area (TPSA) is 42.3 Å². The number of carbonyl (C=O) groups is 2. The first kappa shape index (κ1) is 19.8. The highest BCUT2D eigenvalue weighted by atomic mass is 79.9. The molecule has 1 saturated heterocycles. The Balaban J connectivity index is 1.76. The number of amides is 2. The lowest BCUT2D eigenvalue weighted by Crippen LogP contribution is -2.28. The lowest BCUT2D eigenvalue weighted by Gasteiger charge is -2.06. The van der Waals surface area contributed by atoms with E-state index in [0.29, 0.717) is 16.5 Å². The van der Waals surface area contributed by atoms with Gasteiger partial charge in [-0.2, -0.15) is 0 Å². The second kappa shape index (κ2) is 8.11. The number of nitrogens with zero attached hydrogens (tertiary/aromatic N) is 2. The van der Waals surface area contributed by atoms with Gasteiger partial charge in [-0.1, -0.05) is 45.6 Å². The highest BCUT2D eigenvalue weighted by molar-refractivity contribution is 9.10. The highest BCUT2D eigenvalue weighted by Gasteiger charge is 2.34. The van der Waals surface area contributed by atoms with Crippen molar-refractivity contribution in [3.63, 3.8) is 0 Å². The van der Waals surface area contributed by atoms with E-state index >= 15 is 0 Å². The fraction of sp³-hybridized carbons (Fsp3) is 0.0909. The molecule has 4 rings (SSSR count). The summed E-state index contributed by atoms with van der Waals surface area (Å²) in [7, 11) is 0. The predicted molar refractivity (Wildman–Crippen MR) is 122 cm³/mol. The third-order valence-electron chi connectivity index (χ3n) is 4.55. The molecule has 1 aliphatic rings. The van der Waals surface area contributed by atoms with E-state index in [1.165, 1.54) is 0 Å². The smallest absolute Gasteiger partial charge is 0.294 e. The molecule has 1 aliphatic heterocycles. The number of thioether (sulfide) groups is 1. The summed E-state index contributed by atoms with van der Waals surface area (Å²) < 4.78 is 3.05. The molecule has 0 saturated carbocycles. The summed E-state index contributed by atoms with van der Waals surface area (Å²) in [6, 6.07) is 13.7. The van der Waals surface area contributed by atoms with Gasteiger partial charge in [0.05, 0.1) is 11.4 Å². The van der Waals surface area contributed by atoms with Gasteiger partial charge in [-0.05, 0) is 53.7 Å². The second-order valence-electron chi connectivity index (χ2n) is 6.47. The van der Waals surface area contributed by atoms with Crippen LogP contribution in [0.5, 0.6) is 0 Å². The Kier molecular flexibility index (Phi) is 5.55. The van der Waals surface area contributed by atoms with E-state index in [2.05, 4.69) is 26.4 Å². The van der Waals surface area contributed by atoms with Crippen molar-refractivity contribution in [1.82, 2.24) is 9.47 Å². The number of carbonyl (C=O) groups excluding carboxylic acids is 2.